The van der Waals surface area contributed by atoms with Crippen molar-refractivity contribution in [3.63, 3.8) is 0 Å². The third kappa shape index (κ3) is 2.84. The predicted molar refractivity (Wildman–Crippen MR) is 81.7 cm³/mol. The highest BCUT2D eigenvalue weighted by atomic mass is 15.3. The van der Waals surface area contributed by atoms with Gasteiger partial charge in [0.1, 0.15) is 0 Å². The van der Waals surface area contributed by atoms with Gasteiger partial charge < -0.3 is 0 Å². The molecule has 1 unspecified atom stereocenters. The molecule has 0 spiro atoms. The number of benzene rings is 1. The molecule has 0 amide bonds. The second-order valence-corrected chi connectivity index (χ2v) is 4.85. The number of nitrogens with zero attached hydrogens (tertiary/aromatic N) is 3. The van der Waals surface area contributed by atoms with Crippen molar-refractivity contribution in [3.05, 3.63) is 77.9 Å². The lowest BCUT2D eigenvalue weighted by molar-refractivity contribution is 0.610. The average molecular weight is 279 g/mol. The Balaban J connectivity index is 1.92. The van der Waals surface area contributed by atoms with Crippen LogP contribution in [0.25, 0.3) is 5.69 Å². The Morgan fingerprint density at radius 3 is 2.57 bits per heavy atom. The number of nitrogens with one attached hydrogen (secondary N) is 1. The molecule has 3 aromatic rings. The summed E-state index contributed by atoms with van der Waals surface area (Å²) >= 11 is 0. The van der Waals surface area contributed by atoms with E-state index in [9.17, 15) is 0 Å². The standard InChI is InChI=1S/C16H17N5/c1-12-7-8-13(11-18-12)16(19-17)15-9-10-21(20-15)14-5-3-2-4-6-14/h2-11,16,19H,17H2,1H3. The summed E-state index contributed by atoms with van der Waals surface area (Å²) in [5.41, 5.74) is 6.64. The Morgan fingerprint density at radius 1 is 1.10 bits per heavy atom. The van der Waals surface area contributed by atoms with Gasteiger partial charge in [-0.05, 0) is 36.8 Å². The van der Waals surface area contributed by atoms with E-state index >= 15 is 0 Å². The van der Waals surface area contributed by atoms with Gasteiger partial charge in [0.05, 0.1) is 17.4 Å². The molecule has 1 atom stereocenters. The lowest BCUT2D eigenvalue weighted by atomic mass is 10.1. The van der Waals surface area contributed by atoms with Gasteiger partial charge in [0, 0.05) is 18.1 Å². The zero-order chi connectivity index (χ0) is 14.7. The topological polar surface area (TPSA) is 68.8 Å². The van der Waals surface area contributed by atoms with Gasteiger partial charge >= 0.3 is 0 Å². The fraction of sp³-hybridized carbons (Fsp3) is 0.125. The Labute approximate surface area is 123 Å². The number of aryl methyl sites for hydroxylation is 1. The summed E-state index contributed by atoms with van der Waals surface area (Å²) in [4.78, 5) is 4.31. The van der Waals surface area contributed by atoms with E-state index in [1.807, 2.05) is 72.5 Å². The van der Waals surface area contributed by atoms with Crippen molar-refractivity contribution in [2.75, 3.05) is 0 Å². The highest BCUT2D eigenvalue weighted by molar-refractivity contribution is 5.32. The molecule has 0 aliphatic rings. The van der Waals surface area contributed by atoms with Gasteiger partial charge in [-0.15, -0.1) is 0 Å². The van der Waals surface area contributed by atoms with Gasteiger partial charge in [0.25, 0.3) is 0 Å². The van der Waals surface area contributed by atoms with Crippen LogP contribution in [0.15, 0.2) is 60.9 Å². The van der Waals surface area contributed by atoms with Crippen LogP contribution in [-0.4, -0.2) is 14.8 Å². The zero-order valence-corrected chi connectivity index (χ0v) is 11.8. The second kappa shape index (κ2) is 5.87. The molecule has 0 radical (unpaired) electrons. The van der Waals surface area contributed by atoms with Crippen LogP contribution in [0.4, 0.5) is 0 Å². The van der Waals surface area contributed by atoms with Gasteiger partial charge in [-0.25, -0.2) is 10.1 Å². The highest BCUT2D eigenvalue weighted by Crippen LogP contribution is 2.20. The third-order valence-corrected chi connectivity index (χ3v) is 3.36. The zero-order valence-electron chi connectivity index (χ0n) is 11.8. The first kappa shape index (κ1) is 13.5. The number of para-hydroxylation sites is 1. The third-order valence-electron chi connectivity index (χ3n) is 3.36. The minimum atomic E-state index is -0.178. The molecule has 0 fully saturated rings. The van der Waals surface area contributed by atoms with Crippen LogP contribution in [0.3, 0.4) is 0 Å². The fourth-order valence-corrected chi connectivity index (χ4v) is 2.22. The van der Waals surface area contributed by atoms with Gasteiger partial charge in [-0.2, -0.15) is 5.10 Å². The molecule has 0 saturated heterocycles. The van der Waals surface area contributed by atoms with E-state index < -0.39 is 0 Å². The number of nitrogens with two attached hydrogens (primary N) is 1. The number of rotatable bonds is 4. The van der Waals surface area contributed by atoms with Crippen LogP contribution < -0.4 is 11.3 Å². The molecular formula is C16H17N5. The van der Waals surface area contributed by atoms with E-state index in [0.29, 0.717) is 0 Å². The number of hydrogen-bond donors (Lipinski definition) is 2. The smallest absolute Gasteiger partial charge is 0.0914 e. The molecule has 2 heterocycles. The number of hydrogen-bond acceptors (Lipinski definition) is 4. The maximum Gasteiger partial charge on any atom is 0.0914 e. The summed E-state index contributed by atoms with van der Waals surface area (Å²) in [6.45, 7) is 1.96. The summed E-state index contributed by atoms with van der Waals surface area (Å²) in [5, 5.41) is 4.60. The minimum Gasteiger partial charge on any atom is -0.271 e. The molecule has 1 aromatic carbocycles. The lowest BCUT2D eigenvalue weighted by Crippen LogP contribution is -2.29. The van der Waals surface area contributed by atoms with E-state index in [1.165, 1.54) is 0 Å². The van der Waals surface area contributed by atoms with Crippen LogP contribution in [0.1, 0.15) is 23.0 Å². The number of hydrazine groups is 1. The van der Waals surface area contributed by atoms with Crippen molar-refractivity contribution in [3.8, 4) is 5.69 Å². The highest BCUT2D eigenvalue weighted by Gasteiger charge is 2.16. The molecule has 0 bridgehead atoms. The van der Waals surface area contributed by atoms with Crippen LogP contribution in [0, 0.1) is 6.92 Å². The summed E-state index contributed by atoms with van der Waals surface area (Å²) < 4.78 is 1.83. The largest absolute Gasteiger partial charge is 0.271 e. The molecule has 0 aliphatic carbocycles. The fourth-order valence-electron chi connectivity index (χ4n) is 2.22. The molecule has 3 rings (SSSR count). The van der Waals surface area contributed by atoms with E-state index in [2.05, 4.69) is 15.5 Å². The van der Waals surface area contributed by atoms with E-state index in [0.717, 1.165) is 22.6 Å². The van der Waals surface area contributed by atoms with Crippen LogP contribution >= 0.6 is 0 Å². The summed E-state index contributed by atoms with van der Waals surface area (Å²) in [5.74, 6) is 5.70. The quantitative estimate of drug-likeness (QED) is 0.567. The number of aromatic nitrogens is 3. The first-order chi connectivity index (χ1) is 10.3. The monoisotopic (exact) mass is 279 g/mol. The van der Waals surface area contributed by atoms with Gasteiger partial charge in [0.2, 0.25) is 0 Å². The molecule has 3 N–H and O–H groups in total. The molecule has 0 saturated carbocycles. The Morgan fingerprint density at radius 2 is 1.90 bits per heavy atom. The first-order valence-corrected chi connectivity index (χ1v) is 6.77. The minimum absolute atomic E-state index is 0.178. The molecule has 0 aliphatic heterocycles. The van der Waals surface area contributed by atoms with Crippen molar-refractivity contribution >= 4 is 0 Å². The predicted octanol–water partition coefficient (Wildman–Crippen LogP) is 2.13. The van der Waals surface area contributed by atoms with E-state index in [-0.39, 0.29) is 6.04 Å². The maximum atomic E-state index is 5.70. The lowest BCUT2D eigenvalue weighted by Gasteiger charge is -2.13. The summed E-state index contributed by atoms with van der Waals surface area (Å²) in [7, 11) is 0. The van der Waals surface area contributed by atoms with E-state index in [1.54, 1.807) is 0 Å². The molecular weight excluding hydrogens is 262 g/mol. The SMILES string of the molecule is Cc1ccc(C(NN)c2ccn(-c3ccccc3)n2)cn1. The maximum absolute atomic E-state index is 5.70. The molecule has 21 heavy (non-hydrogen) atoms. The van der Waals surface area contributed by atoms with E-state index in [4.69, 9.17) is 5.84 Å². The van der Waals surface area contributed by atoms with Gasteiger partial charge in [-0.1, -0.05) is 24.3 Å². The molecule has 5 nitrogen and oxygen atoms in total. The van der Waals surface area contributed by atoms with Crippen LogP contribution in [-0.2, 0) is 0 Å². The Hall–Kier alpha value is -2.50. The number of pyridine rings is 1. The van der Waals surface area contributed by atoms with Crippen LogP contribution in [0.2, 0.25) is 0 Å². The Kier molecular flexibility index (Phi) is 3.77. The normalized spacial score (nSPS) is 12.3. The van der Waals surface area contributed by atoms with Gasteiger partial charge in [-0.3, -0.25) is 10.8 Å². The van der Waals surface area contributed by atoms with Crippen molar-refractivity contribution in [1.29, 1.82) is 0 Å². The Bertz CT molecular complexity index is 703. The van der Waals surface area contributed by atoms with Gasteiger partial charge in [0.15, 0.2) is 0 Å². The summed E-state index contributed by atoms with van der Waals surface area (Å²) in [6, 6.07) is 15.7. The summed E-state index contributed by atoms with van der Waals surface area (Å²) in [6.07, 6.45) is 3.75. The first-order valence-electron chi connectivity index (χ1n) is 6.77. The van der Waals surface area contributed by atoms with Crippen LogP contribution in [0.5, 0.6) is 0 Å². The molecule has 2 aromatic heterocycles. The second-order valence-electron chi connectivity index (χ2n) is 4.85. The van der Waals surface area contributed by atoms with Crippen molar-refractivity contribution in [2.24, 2.45) is 5.84 Å². The van der Waals surface area contributed by atoms with Crippen molar-refractivity contribution in [2.45, 2.75) is 13.0 Å². The van der Waals surface area contributed by atoms with Crippen molar-refractivity contribution < 1.29 is 0 Å². The molecule has 5 heteroatoms. The van der Waals surface area contributed by atoms with Crippen molar-refractivity contribution in [1.82, 2.24) is 20.2 Å². The molecule has 106 valence electrons. The average Bonchev–Trinajstić information content (AvgIpc) is 3.00.